The molecule has 0 saturated carbocycles. The summed E-state index contributed by atoms with van der Waals surface area (Å²) >= 11 is 0.964. The molecule has 10 heteroatoms. The van der Waals surface area contributed by atoms with Crippen LogP contribution in [0.4, 0.5) is 0 Å². The van der Waals surface area contributed by atoms with E-state index in [4.69, 9.17) is 13.3 Å². The quantitative estimate of drug-likeness (QED) is 0.167. The molecular formula is C13H32N2O6SSi. The molecule has 23 heavy (non-hydrogen) atoms. The van der Waals surface area contributed by atoms with Crippen LogP contribution in [0.25, 0.3) is 0 Å². The van der Waals surface area contributed by atoms with E-state index in [1.165, 1.54) is 7.11 Å². The molecule has 0 rings (SSSR count). The highest BCUT2D eigenvalue weighted by Crippen LogP contribution is 2.19. The fourth-order valence-corrected chi connectivity index (χ4v) is 4.27. The van der Waals surface area contributed by atoms with Gasteiger partial charge in [0, 0.05) is 53.3 Å². The van der Waals surface area contributed by atoms with Gasteiger partial charge < -0.3 is 38.9 Å². The fourth-order valence-electron chi connectivity index (χ4n) is 1.87. The van der Waals surface area contributed by atoms with Crippen molar-refractivity contribution in [2.75, 3.05) is 60.4 Å². The van der Waals surface area contributed by atoms with Gasteiger partial charge in [0.2, 0.25) is 0 Å². The van der Waals surface area contributed by atoms with E-state index in [1.807, 2.05) is 0 Å². The molecule has 0 amide bonds. The highest BCUT2D eigenvalue weighted by molar-refractivity contribution is 8.00. The molecule has 0 radical (unpaired) electrons. The topological polar surface area (TPSA) is 101 Å². The molecule has 4 N–H and O–H groups in total. The molecule has 140 valence electrons. The lowest BCUT2D eigenvalue weighted by Gasteiger charge is -2.24. The minimum Gasteiger partial charge on any atom is -0.377 e. The third-order valence-electron chi connectivity index (χ3n) is 3.30. The van der Waals surface area contributed by atoms with Crippen molar-refractivity contribution in [3.63, 3.8) is 0 Å². The minimum absolute atomic E-state index is 0.610. The fraction of sp³-hybridized carbons (Fsp3) is 1.00. The average molecular weight is 373 g/mol. The Balaban J connectivity index is 3.40. The van der Waals surface area contributed by atoms with Crippen molar-refractivity contribution < 1.29 is 28.2 Å². The van der Waals surface area contributed by atoms with Crippen LogP contribution in [0.3, 0.4) is 0 Å². The Morgan fingerprint density at radius 2 is 1.39 bits per heavy atom. The number of nitrogens with one attached hydrogen (secondary N) is 2. The van der Waals surface area contributed by atoms with Gasteiger partial charge in [-0.1, -0.05) is 11.8 Å². The lowest BCUT2D eigenvalue weighted by atomic mass is 10.4. The SMILES string of the molecule is COC(O)(O)SCCCNCCNCCC[Si](OC)(OC)OC. The van der Waals surface area contributed by atoms with Crippen molar-refractivity contribution in [2.24, 2.45) is 0 Å². The molecule has 0 atom stereocenters. The van der Waals surface area contributed by atoms with Gasteiger partial charge in [0.15, 0.2) is 0 Å². The zero-order valence-electron chi connectivity index (χ0n) is 14.6. The van der Waals surface area contributed by atoms with Crippen molar-refractivity contribution in [1.82, 2.24) is 10.6 Å². The Morgan fingerprint density at radius 1 is 0.870 bits per heavy atom. The van der Waals surface area contributed by atoms with Gasteiger partial charge >= 0.3 is 14.1 Å². The molecule has 0 fully saturated rings. The van der Waals surface area contributed by atoms with E-state index in [2.05, 4.69) is 15.4 Å². The van der Waals surface area contributed by atoms with E-state index in [-0.39, 0.29) is 0 Å². The molecule has 0 aliphatic heterocycles. The standard InChI is InChI=1S/C13H32N2O6SSi/c1-18-13(16,17)22-11-5-7-14-9-10-15-8-6-12-23(19-2,20-3)21-4/h14-17H,5-12H2,1-4H3. The summed E-state index contributed by atoms with van der Waals surface area (Å²) < 4.78 is 20.6. The highest BCUT2D eigenvalue weighted by Gasteiger charge is 2.36. The normalized spacial score (nSPS) is 12.8. The number of hydrogen-bond acceptors (Lipinski definition) is 9. The molecule has 0 saturated heterocycles. The van der Waals surface area contributed by atoms with Gasteiger partial charge in [-0.05, 0) is 25.9 Å². The second-order valence-corrected chi connectivity index (χ2v) is 9.17. The average Bonchev–Trinajstić information content (AvgIpc) is 2.56. The van der Waals surface area contributed by atoms with Gasteiger partial charge in [0.1, 0.15) is 0 Å². The molecule has 0 aromatic carbocycles. The first-order chi connectivity index (χ1) is 10.9. The van der Waals surface area contributed by atoms with Crippen LogP contribution in [0.1, 0.15) is 12.8 Å². The van der Waals surface area contributed by atoms with E-state index >= 15 is 0 Å². The molecular weight excluding hydrogens is 340 g/mol. The predicted octanol–water partition coefficient (Wildman–Crippen LogP) is -0.201. The summed E-state index contributed by atoms with van der Waals surface area (Å²) in [6.07, 6.45) is 1.77. The van der Waals surface area contributed by atoms with Gasteiger partial charge in [0.05, 0.1) is 0 Å². The van der Waals surface area contributed by atoms with Crippen LogP contribution in [-0.2, 0) is 18.0 Å². The monoisotopic (exact) mass is 372 g/mol. The van der Waals surface area contributed by atoms with Crippen molar-refractivity contribution in [3.8, 4) is 0 Å². The van der Waals surface area contributed by atoms with E-state index in [0.717, 1.165) is 56.8 Å². The maximum absolute atomic E-state index is 9.20. The van der Waals surface area contributed by atoms with E-state index in [0.29, 0.717) is 5.75 Å². The Hall–Kier alpha value is 0.247. The van der Waals surface area contributed by atoms with Gasteiger partial charge in [-0.3, -0.25) is 0 Å². The third kappa shape index (κ3) is 11.4. The number of ether oxygens (including phenoxy) is 1. The van der Waals surface area contributed by atoms with Crippen LogP contribution in [0.15, 0.2) is 0 Å². The van der Waals surface area contributed by atoms with Gasteiger partial charge in [0.25, 0.3) is 0 Å². The minimum atomic E-state index is -2.44. The molecule has 0 aromatic rings. The molecule has 0 heterocycles. The van der Waals surface area contributed by atoms with E-state index < -0.39 is 14.1 Å². The largest absolute Gasteiger partial charge is 0.500 e. The molecule has 8 nitrogen and oxygen atoms in total. The summed E-state index contributed by atoms with van der Waals surface area (Å²) in [6.45, 7) is 3.44. The van der Waals surface area contributed by atoms with E-state index in [9.17, 15) is 10.2 Å². The lowest BCUT2D eigenvalue weighted by molar-refractivity contribution is -0.252. The second-order valence-electron chi connectivity index (χ2n) is 4.85. The Labute approximate surface area is 144 Å². The molecule has 0 aromatic heterocycles. The van der Waals surface area contributed by atoms with Crippen molar-refractivity contribution in [1.29, 1.82) is 0 Å². The number of thioether (sulfide) groups is 1. The maximum Gasteiger partial charge on any atom is 0.500 e. The second kappa shape index (κ2) is 13.5. The van der Waals surface area contributed by atoms with Crippen LogP contribution < -0.4 is 10.6 Å². The smallest absolute Gasteiger partial charge is 0.377 e. The summed E-state index contributed by atoms with van der Waals surface area (Å²) in [7, 11) is 3.70. The Bertz CT molecular complexity index is 277. The number of hydrogen-bond donors (Lipinski definition) is 4. The maximum atomic E-state index is 9.20. The molecule has 0 aliphatic carbocycles. The van der Waals surface area contributed by atoms with Crippen LogP contribution in [0.5, 0.6) is 0 Å². The van der Waals surface area contributed by atoms with E-state index in [1.54, 1.807) is 21.3 Å². The zero-order chi connectivity index (χ0) is 17.6. The lowest BCUT2D eigenvalue weighted by Crippen LogP contribution is -2.43. The van der Waals surface area contributed by atoms with Crippen molar-refractivity contribution in [2.45, 2.75) is 24.2 Å². The summed E-state index contributed by atoms with van der Waals surface area (Å²) in [4.78, 5) is 0. The first-order valence-electron chi connectivity index (χ1n) is 7.66. The van der Waals surface area contributed by atoms with Crippen LogP contribution >= 0.6 is 11.8 Å². The molecule has 0 spiro atoms. The first-order valence-corrected chi connectivity index (χ1v) is 10.6. The summed E-state index contributed by atoms with van der Waals surface area (Å²) in [6, 6.07) is 0.789. The molecule has 0 bridgehead atoms. The van der Waals surface area contributed by atoms with Gasteiger partial charge in [-0.2, -0.15) is 0 Å². The summed E-state index contributed by atoms with van der Waals surface area (Å²) in [5.41, 5.74) is 0. The van der Waals surface area contributed by atoms with Crippen molar-refractivity contribution >= 4 is 20.6 Å². The number of aliphatic hydroxyl groups is 2. The first kappa shape index (κ1) is 23.2. The number of rotatable bonds is 16. The third-order valence-corrected chi connectivity index (χ3v) is 7.17. The Kier molecular flexibility index (Phi) is 13.7. The van der Waals surface area contributed by atoms with Crippen LogP contribution in [-0.4, -0.2) is 84.7 Å². The van der Waals surface area contributed by atoms with Gasteiger partial charge in [-0.15, -0.1) is 0 Å². The Morgan fingerprint density at radius 3 is 1.87 bits per heavy atom. The van der Waals surface area contributed by atoms with Crippen molar-refractivity contribution in [3.05, 3.63) is 0 Å². The summed E-state index contributed by atoms with van der Waals surface area (Å²) in [5.74, 6) is 0.610. The summed E-state index contributed by atoms with van der Waals surface area (Å²) in [5, 5.41) is 22.9. The van der Waals surface area contributed by atoms with Crippen LogP contribution in [0, 0.1) is 0 Å². The zero-order valence-corrected chi connectivity index (χ0v) is 16.4. The predicted molar refractivity (Wildman–Crippen MR) is 93.2 cm³/mol. The van der Waals surface area contributed by atoms with Gasteiger partial charge in [-0.25, -0.2) is 0 Å². The molecule has 0 aliphatic rings. The number of methoxy groups -OCH3 is 1. The molecule has 0 unspecified atom stereocenters. The van der Waals surface area contributed by atoms with Crippen LogP contribution in [0.2, 0.25) is 6.04 Å². The highest BCUT2D eigenvalue weighted by atomic mass is 32.2.